The molecule has 0 amide bonds. The van der Waals surface area contributed by atoms with E-state index < -0.39 is 0 Å². The molecule has 1 saturated heterocycles. The summed E-state index contributed by atoms with van der Waals surface area (Å²) in [5, 5.41) is 4.17. The average molecular weight is 350 g/mol. The Bertz CT molecular complexity index is 512. The van der Waals surface area contributed by atoms with E-state index in [4.69, 9.17) is 17.0 Å². The van der Waals surface area contributed by atoms with Crippen molar-refractivity contribution in [1.82, 2.24) is 9.80 Å². The monoisotopic (exact) mass is 349 g/mol. The Labute approximate surface area is 152 Å². The van der Waals surface area contributed by atoms with Crippen LogP contribution in [0.3, 0.4) is 0 Å². The first-order valence-electron chi connectivity index (χ1n) is 9.05. The lowest BCUT2D eigenvalue weighted by molar-refractivity contribution is 0.126. The number of hydrogen-bond donors (Lipinski definition) is 1. The summed E-state index contributed by atoms with van der Waals surface area (Å²) in [6.45, 7) is 9.29. The highest BCUT2D eigenvalue weighted by molar-refractivity contribution is 7.80. The van der Waals surface area contributed by atoms with E-state index in [2.05, 4.69) is 36.0 Å². The first-order chi connectivity index (χ1) is 11.5. The van der Waals surface area contributed by atoms with Gasteiger partial charge in [-0.05, 0) is 76.6 Å². The minimum atomic E-state index is 0.649. The summed E-state index contributed by atoms with van der Waals surface area (Å²) in [6, 6.07) is 9.30. The molecule has 1 atom stereocenters. The lowest BCUT2D eigenvalue weighted by atomic mass is 10.0. The molecule has 0 aliphatic carbocycles. The van der Waals surface area contributed by atoms with E-state index in [0.717, 1.165) is 29.6 Å². The van der Waals surface area contributed by atoms with E-state index in [0.29, 0.717) is 18.7 Å². The van der Waals surface area contributed by atoms with Crippen LogP contribution in [0.15, 0.2) is 24.3 Å². The van der Waals surface area contributed by atoms with Crippen molar-refractivity contribution in [2.45, 2.75) is 52.1 Å². The predicted molar refractivity (Wildman–Crippen MR) is 106 cm³/mol. The highest BCUT2D eigenvalue weighted by atomic mass is 32.1. The van der Waals surface area contributed by atoms with Gasteiger partial charge in [-0.3, -0.25) is 0 Å². The van der Waals surface area contributed by atoms with Crippen molar-refractivity contribution in [3.63, 3.8) is 0 Å². The molecule has 24 heavy (non-hydrogen) atoms. The molecule has 0 saturated carbocycles. The van der Waals surface area contributed by atoms with Gasteiger partial charge in [0.1, 0.15) is 5.75 Å². The molecule has 134 valence electrons. The highest BCUT2D eigenvalue weighted by Crippen LogP contribution is 2.20. The number of piperidine rings is 1. The van der Waals surface area contributed by atoms with E-state index >= 15 is 0 Å². The van der Waals surface area contributed by atoms with Crippen molar-refractivity contribution >= 4 is 23.0 Å². The summed E-state index contributed by atoms with van der Waals surface area (Å²) >= 11 is 5.59. The van der Waals surface area contributed by atoms with Gasteiger partial charge < -0.3 is 19.9 Å². The molecule has 4 nitrogen and oxygen atoms in total. The summed E-state index contributed by atoms with van der Waals surface area (Å²) in [5.74, 6) is 0.892. The fourth-order valence-electron chi connectivity index (χ4n) is 3.13. The van der Waals surface area contributed by atoms with Crippen LogP contribution in [0.25, 0.3) is 0 Å². The standard InChI is InChI=1S/C19H31N3OS/c1-5-15(3)21(4)17-11-13-22(14-12-17)19(24)20-16-7-9-18(10-8-16)23-6-2/h7-10,15,17H,5-6,11-14H2,1-4H3,(H,20,24)/t15-/m1/s1. The smallest absolute Gasteiger partial charge is 0.173 e. The van der Waals surface area contributed by atoms with Gasteiger partial charge in [-0.15, -0.1) is 0 Å². The number of hydrogen-bond acceptors (Lipinski definition) is 3. The Morgan fingerprint density at radius 1 is 1.29 bits per heavy atom. The van der Waals surface area contributed by atoms with E-state index in [1.165, 1.54) is 19.3 Å². The van der Waals surface area contributed by atoms with Crippen LogP contribution in [-0.2, 0) is 0 Å². The van der Waals surface area contributed by atoms with Crippen LogP contribution >= 0.6 is 12.2 Å². The highest BCUT2D eigenvalue weighted by Gasteiger charge is 2.25. The van der Waals surface area contributed by atoms with Crippen molar-refractivity contribution in [3.8, 4) is 5.75 Å². The van der Waals surface area contributed by atoms with Crippen LogP contribution in [0.2, 0.25) is 0 Å². The maximum Gasteiger partial charge on any atom is 0.173 e. The first kappa shape index (κ1) is 19.0. The Morgan fingerprint density at radius 3 is 2.46 bits per heavy atom. The molecule has 0 unspecified atom stereocenters. The second-order valence-corrected chi connectivity index (χ2v) is 6.92. The molecule has 2 rings (SSSR count). The Morgan fingerprint density at radius 2 is 1.92 bits per heavy atom. The van der Waals surface area contributed by atoms with Gasteiger partial charge in [0.25, 0.3) is 0 Å². The Balaban J connectivity index is 1.82. The average Bonchev–Trinajstić information content (AvgIpc) is 2.62. The van der Waals surface area contributed by atoms with Gasteiger partial charge in [0.15, 0.2) is 5.11 Å². The molecule has 0 aromatic heterocycles. The summed E-state index contributed by atoms with van der Waals surface area (Å²) in [4.78, 5) is 4.81. The van der Waals surface area contributed by atoms with Gasteiger partial charge in [-0.2, -0.15) is 0 Å². The summed E-state index contributed by atoms with van der Waals surface area (Å²) < 4.78 is 5.47. The molecule has 0 spiro atoms. The zero-order chi connectivity index (χ0) is 17.5. The molecule has 0 bridgehead atoms. The first-order valence-corrected chi connectivity index (χ1v) is 9.46. The fourth-order valence-corrected chi connectivity index (χ4v) is 3.43. The van der Waals surface area contributed by atoms with Gasteiger partial charge in [0, 0.05) is 30.9 Å². The van der Waals surface area contributed by atoms with Gasteiger partial charge in [0.05, 0.1) is 6.61 Å². The van der Waals surface area contributed by atoms with Crippen molar-refractivity contribution in [3.05, 3.63) is 24.3 Å². The van der Waals surface area contributed by atoms with Crippen molar-refractivity contribution in [1.29, 1.82) is 0 Å². The van der Waals surface area contributed by atoms with Crippen LogP contribution < -0.4 is 10.1 Å². The van der Waals surface area contributed by atoms with Crippen molar-refractivity contribution in [2.24, 2.45) is 0 Å². The fraction of sp³-hybridized carbons (Fsp3) is 0.632. The molecule has 1 aromatic rings. The third kappa shape index (κ3) is 5.08. The van der Waals surface area contributed by atoms with Crippen LogP contribution in [0, 0.1) is 0 Å². The molecule has 0 radical (unpaired) electrons. The molecule has 1 N–H and O–H groups in total. The molecule has 1 aromatic carbocycles. The largest absolute Gasteiger partial charge is 0.494 e. The quantitative estimate of drug-likeness (QED) is 0.784. The molecular weight excluding hydrogens is 318 g/mol. The van der Waals surface area contributed by atoms with Gasteiger partial charge in [0.2, 0.25) is 0 Å². The van der Waals surface area contributed by atoms with E-state index in [9.17, 15) is 0 Å². The van der Waals surface area contributed by atoms with Crippen molar-refractivity contribution in [2.75, 3.05) is 32.1 Å². The zero-order valence-corrected chi connectivity index (χ0v) is 16.2. The van der Waals surface area contributed by atoms with E-state index in [1.807, 2.05) is 31.2 Å². The molecule has 5 heteroatoms. The second-order valence-electron chi connectivity index (χ2n) is 6.53. The molecule has 1 aliphatic rings. The number of nitrogens with zero attached hydrogens (tertiary/aromatic N) is 2. The molecule has 1 heterocycles. The normalized spacial score (nSPS) is 17.0. The number of anilines is 1. The number of ether oxygens (including phenoxy) is 1. The summed E-state index contributed by atoms with van der Waals surface area (Å²) in [6.07, 6.45) is 3.55. The van der Waals surface area contributed by atoms with Crippen LogP contribution in [0.1, 0.15) is 40.0 Å². The lowest BCUT2D eigenvalue weighted by Crippen LogP contribution is -2.48. The zero-order valence-electron chi connectivity index (χ0n) is 15.4. The maximum atomic E-state index is 5.59. The van der Waals surface area contributed by atoms with Gasteiger partial charge >= 0.3 is 0 Å². The third-order valence-corrected chi connectivity index (χ3v) is 5.39. The SMILES string of the molecule is CCOc1ccc(NC(=S)N2CCC(N(C)[C@H](C)CC)CC2)cc1. The molecule has 1 aliphatic heterocycles. The Hall–Kier alpha value is -1.33. The van der Waals surface area contributed by atoms with E-state index in [1.54, 1.807) is 0 Å². The van der Waals surface area contributed by atoms with E-state index in [-0.39, 0.29) is 0 Å². The van der Waals surface area contributed by atoms with Crippen molar-refractivity contribution < 1.29 is 4.74 Å². The number of nitrogens with one attached hydrogen (secondary N) is 1. The summed E-state index contributed by atoms with van der Waals surface area (Å²) in [5.41, 5.74) is 1.02. The third-order valence-electron chi connectivity index (χ3n) is 5.03. The minimum absolute atomic E-state index is 0.649. The molecule has 1 fully saturated rings. The minimum Gasteiger partial charge on any atom is -0.494 e. The second kappa shape index (κ2) is 9.23. The number of rotatable bonds is 6. The number of likely N-dealkylation sites (tertiary alicyclic amines) is 1. The maximum absolute atomic E-state index is 5.59. The molecular formula is C19H31N3OS. The topological polar surface area (TPSA) is 27.7 Å². The Kier molecular flexibility index (Phi) is 7.31. The number of benzene rings is 1. The van der Waals surface area contributed by atoms with Crippen LogP contribution in [0.5, 0.6) is 5.75 Å². The lowest BCUT2D eigenvalue weighted by Gasteiger charge is -2.40. The van der Waals surface area contributed by atoms with Gasteiger partial charge in [-0.25, -0.2) is 0 Å². The van der Waals surface area contributed by atoms with Crippen LogP contribution in [0.4, 0.5) is 5.69 Å². The number of thiocarbonyl (C=S) groups is 1. The van der Waals surface area contributed by atoms with Crippen LogP contribution in [-0.4, -0.2) is 53.7 Å². The van der Waals surface area contributed by atoms with Gasteiger partial charge in [-0.1, -0.05) is 6.92 Å². The summed E-state index contributed by atoms with van der Waals surface area (Å²) in [7, 11) is 2.25. The predicted octanol–water partition coefficient (Wildman–Crippen LogP) is 3.98.